The molecule has 1 fully saturated rings. The topological polar surface area (TPSA) is 44.8 Å². The van der Waals surface area contributed by atoms with E-state index in [-0.39, 0.29) is 31.2 Å². The van der Waals surface area contributed by atoms with E-state index in [9.17, 15) is 18.0 Å². The van der Waals surface area contributed by atoms with Gasteiger partial charge in [0, 0.05) is 30.1 Å². The van der Waals surface area contributed by atoms with Gasteiger partial charge >= 0.3 is 11.9 Å². The van der Waals surface area contributed by atoms with Gasteiger partial charge in [0.2, 0.25) is 0 Å². The highest BCUT2D eigenvalue weighted by molar-refractivity contribution is 6.30. The zero-order chi connectivity index (χ0) is 22.6. The van der Waals surface area contributed by atoms with E-state index >= 15 is 0 Å². The van der Waals surface area contributed by atoms with Crippen LogP contribution in [0.15, 0.2) is 41.3 Å². The van der Waals surface area contributed by atoms with Gasteiger partial charge in [-0.3, -0.25) is 9.13 Å². The first kappa shape index (κ1) is 21.1. The fraction of sp³-hybridized carbons (Fsp3) is 0.391. The molecule has 0 bridgehead atoms. The van der Waals surface area contributed by atoms with Gasteiger partial charge in [-0.1, -0.05) is 17.7 Å². The minimum Gasteiger partial charge on any atom is -0.342 e. The van der Waals surface area contributed by atoms with Crippen molar-refractivity contribution >= 4 is 33.5 Å². The summed E-state index contributed by atoms with van der Waals surface area (Å²) >= 11 is 6.04. The summed E-state index contributed by atoms with van der Waals surface area (Å²) in [4.78, 5) is 17.5. The smallest absolute Gasteiger partial charge is 0.342 e. The van der Waals surface area contributed by atoms with Gasteiger partial charge in [-0.2, -0.15) is 13.2 Å². The number of alkyl halides is 3. The highest BCUT2D eigenvalue weighted by Crippen LogP contribution is 2.36. The molecule has 0 N–H and O–H groups in total. The maximum absolute atomic E-state index is 13.3. The minimum atomic E-state index is -4.21. The molecule has 1 aromatic carbocycles. The summed E-state index contributed by atoms with van der Waals surface area (Å²) in [5, 5.41) is 1.11. The normalized spacial score (nSPS) is 14.7. The zero-order valence-corrected chi connectivity index (χ0v) is 18.2. The number of fused-ring (bicyclic) bond motifs is 2. The highest BCUT2D eigenvalue weighted by atomic mass is 35.5. The summed E-state index contributed by atoms with van der Waals surface area (Å²) in [6, 6.07) is 9.76. The molecule has 0 saturated heterocycles. The Balaban J connectivity index is 1.60. The minimum absolute atomic E-state index is 0.0548. The van der Waals surface area contributed by atoms with Crippen LogP contribution in [0.25, 0.3) is 21.9 Å². The zero-order valence-electron chi connectivity index (χ0n) is 17.5. The molecule has 1 aliphatic carbocycles. The Hall–Kier alpha value is -2.74. The van der Waals surface area contributed by atoms with Gasteiger partial charge in [-0.25, -0.2) is 9.78 Å². The van der Waals surface area contributed by atoms with Crippen LogP contribution in [-0.2, 0) is 13.1 Å². The van der Waals surface area contributed by atoms with Crippen LogP contribution in [0.1, 0.15) is 43.0 Å². The van der Waals surface area contributed by atoms with Crippen molar-refractivity contribution < 1.29 is 13.2 Å². The first-order valence-corrected chi connectivity index (χ1v) is 11.0. The van der Waals surface area contributed by atoms with Gasteiger partial charge < -0.3 is 4.57 Å². The van der Waals surface area contributed by atoms with Crippen LogP contribution in [0.2, 0.25) is 5.15 Å². The molecule has 0 amide bonds. The summed E-state index contributed by atoms with van der Waals surface area (Å²) in [6.45, 7) is 2.41. The van der Waals surface area contributed by atoms with Gasteiger partial charge in [0.15, 0.2) is 0 Å². The SMILES string of the molecule is Cc1ccc2c(c1)n(Cc1cc3cc(Cl)ncc3n1CCCC(F)(F)F)c(=O)n2C1CC1. The molecule has 0 spiro atoms. The molecule has 5 rings (SSSR count). The second-order valence-electron chi connectivity index (χ2n) is 8.53. The Labute approximate surface area is 187 Å². The van der Waals surface area contributed by atoms with Gasteiger partial charge in [-0.05, 0) is 56.0 Å². The lowest BCUT2D eigenvalue weighted by Crippen LogP contribution is -2.25. The molecule has 0 atom stereocenters. The van der Waals surface area contributed by atoms with Gasteiger partial charge in [-0.15, -0.1) is 0 Å². The van der Waals surface area contributed by atoms with Crippen molar-refractivity contribution in [3.63, 3.8) is 0 Å². The van der Waals surface area contributed by atoms with Gasteiger partial charge in [0.05, 0.1) is 29.3 Å². The first-order chi connectivity index (χ1) is 15.2. The number of hydrogen-bond acceptors (Lipinski definition) is 2. The Kier molecular flexibility index (Phi) is 5.08. The molecule has 0 radical (unpaired) electrons. The second-order valence-corrected chi connectivity index (χ2v) is 8.92. The molecule has 3 heterocycles. The Morgan fingerprint density at radius 3 is 2.59 bits per heavy atom. The average Bonchev–Trinajstić information content (AvgIpc) is 3.44. The van der Waals surface area contributed by atoms with E-state index in [4.69, 9.17) is 11.6 Å². The van der Waals surface area contributed by atoms with Crippen LogP contribution in [-0.4, -0.2) is 24.9 Å². The molecule has 32 heavy (non-hydrogen) atoms. The number of pyridine rings is 1. The summed E-state index contributed by atoms with van der Waals surface area (Å²) in [7, 11) is 0. The van der Waals surface area contributed by atoms with Crippen LogP contribution >= 0.6 is 11.6 Å². The predicted molar refractivity (Wildman–Crippen MR) is 118 cm³/mol. The van der Waals surface area contributed by atoms with Crippen molar-refractivity contribution in [3.05, 3.63) is 63.4 Å². The number of rotatable bonds is 6. The summed E-state index contributed by atoms with van der Waals surface area (Å²) in [5.41, 5.74) is 4.15. The molecule has 0 aliphatic heterocycles. The number of aryl methyl sites for hydroxylation is 2. The Morgan fingerprint density at radius 2 is 1.88 bits per heavy atom. The van der Waals surface area contributed by atoms with E-state index in [2.05, 4.69) is 4.98 Å². The molecule has 5 nitrogen and oxygen atoms in total. The molecule has 9 heteroatoms. The van der Waals surface area contributed by atoms with Crippen molar-refractivity contribution in [2.24, 2.45) is 0 Å². The monoisotopic (exact) mass is 462 g/mol. The molecular weight excluding hydrogens is 441 g/mol. The molecule has 3 aromatic heterocycles. The van der Waals surface area contributed by atoms with E-state index in [0.29, 0.717) is 10.7 Å². The number of benzene rings is 1. The predicted octanol–water partition coefficient (Wildman–Crippen LogP) is 5.84. The number of hydrogen-bond donors (Lipinski definition) is 0. The third-order valence-electron chi connectivity index (χ3n) is 6.03. The van der Waals surface area contributed by atoms with E-state index in [1.54, 1.807) is 16.8 Å². The number of halogens is 4. The Morgan fingerprint density at radius 1 is 1.09 bits per heavy atom. The number of nitrogens with zero attached hydrogens (tertiary/aromatic N) is 4. The second kappa shape index (κ2) is 7.69. The van der Waals surface area contributed by atoms with E-state index in [1.165, 1.54) is 0 Å². The largest absolute Gasteiger partial charge is 0.389 e. The quantitative estimate of drug-likeness (QED) is 0.338. The summed E-state index contributed by atoms with van der Waals surface area (Å²) in [6.07, 6.45) is -1.59. The van der Waals surface area contributed by atoms with Crippen LogP contribution in [0.5, 0.6) is 0 Å². The van der Waals surface area contributed by atoms with E-state index in [1.807, 2.05) is 40.3 Å². The van der Waals surface area contributed by atoms with E-state index in [0.717, 1.165) is 40.5 Å². The first-order valence-electron chi connectivity index (χ1n) is 10.6. The van der Waals surface area contributed by atoms with Crippen molar-refractivity contribution in [2.45, 2.75) is 57.9 Å². The molecule has 1 saturated carbocycles. The van der Waals surface area contributed by atoms with Crippen molar-refractivity contribution in [2.75, 3.05) is 0 Å². The van der Waals surface area contributed by atoms with Gasteiger partial charge in [0.1, 0.15) is 5.15 Å². The van der Waals surface area contributed by atoms with Crippen LogP contribution in [0, 0.1) is 6.92 Å². The standard InChI is InChI=1S/C23H22ClF3N4O/c1-14-3-6-18-19(9-14)30(22(32)31(18)16-4-5-16)13-17-10-15-11-21(24)28-12-20(15)29(17)8-2-7-23(25,26)27/h3,6,9-12,16H,2,4-5,7-8,13H2,1H3. The highest BCUT2D eigenvalue weighted by Gasteiger charge is 2.29. The van der Waals surface area contributed by atoms with E-state index < -0.39 is 12.6 Å². The lowest BCUT2D eigenvalue weighted by molar-refractivity contribution is -0.135. The van der Waals surface area contributed by atoms with Crippen molar-refractivity contribution in [1.29, 1.82) is 0 Å². The molecule has 0 unspecified atom stereocenters. The van der Waals surface area contributed by atoms with Crippen molar-refractivity contribution in [3.8, 4) is 0 Å². The van der Waals surface area contributed by atoms with Gasteiger partial charge in [0.25, 0.3) is 0 Å². The molecule has 168 valence electrons. The van der Waals surface area contributed by atoms with Crippen molar-refractivity contribution in [1.82, 2.24) is 18.7 Å². The molecule has 1 aliphatic rings. The lowest BCUT2D eigenvalue weighted by atomic mass is 10.2. The average molecular weight is 463 g/mol. The Bertz CT molecular complexity index is 1380. The number of imidazole rings is 1. The summed E-state index contributed by atoms with van der Waals surface area (Å²) in [5.74, 6) is 0. The fourth-order valence-corrected chi connectivity index (χ4v) is 4.58. The lowest BCUT2D eigenvalue weighted by Gasteiger charge is -2.13. The third-order valence-corrected chi connectivity index (χ3v) is 6.24. The molecular formula is C23H22ClF3N4O. The van der Waals surface area contributed by atoms with Crippen LogP contribution in [0.4, 0.5) is 13.2 Å². The van der Waals surface area contributed by atoms with Crippen LogP contribution < -0.4 is 5.69 Å². The number of aromatic nitrogens is 4. The maximum atomic E-state index is 13.3. The maximum Gasteiger partial charge on any atom is 0.389 e. The van der Waals surface area contributed by atoms with Crippen LogP contribution in [0.3, 0.4) is 0 Å². The fourth-order valence-electron chi connectivity index (χ4n) is 4.41. The summed E-state index contributed by atoms with van der Waals surface area (Å²) < 4.78 is 43.7. The molecule has 4 aromatic rings. The third kappa shape index (κ3) is 3.92.